The van der Waals surface area contributed by atoms with Gasteiger partial charge in [0.2, 0.25) is 0 Å². The Kier molecular flexibility index (Phi) is 4.44. The van der Waals surface area contributed by atoms with Crippen LogP contribution in [0.5, 0.6) is 0 Å². The molecule has 26 heavy (non-hydrogen) atoms. The highest BCUT2D eigenvalue weighted by atomic mass is 16.4. The van der Waals surface area contributed by atoms with Crippen molar-refractivity contribution in [1.29, 1.82) is 0 Å². The fourth-order valence-electron chi connectivity index (χ4n) is 3.64. The summed E-state index contributed by atoms with van der Waals surface area (Å²) in [5, 5.41) is 15.9. The van der Waals surface area contributed by atoms with E-state index in [1.165, 1.54) is 11.3 Å². The van der Waals surface area contributed by atoms with Gasteiger partial charge in [-0.3, -0.25) is 5.10 Å². The number of H-pyrrole nitrogens is 1. The maximum absolute atomic E-state index is 11.0. The zero-order valence-electron chi connectivity index (χ0n) is 14.4. The molecule has 0 amide bonds. The lowest BCUT2D eigenvalue weighted by Crippen LogP contribution is -2.32. The van der Waals surface area contributed by atoms with Gasteiger partial charge in [-0.05, 0) is 54.2 Å². The van der Waals surface area contributed by atoms with Crippen LogP contribution < -0.4 is 4.90 Å². The van der Waals surface area contributed by atoms with Crippen molar-refractivity contribution < 1.29 is 9.90 Å². The number of aromatic nitrogens is 2. The Labute approximate surface area is 152 Å². The lowest BCUT2D eigenvalue weighted by atomic mass is 9.89. The first-order chi connectivity index (χ1) is 12.7. The Morgan fingerprint density at radius 1 is 1.00 bits per heavy atom. The van der Waals surface area contributed by atoms with Crippen molar-refractivity contribution in [3.8, 4) is 11.1 Å². The lowest BCUT2D eigenvalue weighted by molar-refractivity contribution is 0.0697. The van der Waals surface area contributed by atoms with E-state index in [1.54, 1.807) is 12.1 Å². The second kappa shape index (κ2) is 7.04. The van der Waals surface area contributed by atoms with Gasteiger partial charge in [-0.25, -0.2) is 4.79 Å². The minimum absolute atomic E-state index is 0.351. The molecule has 0 radical (unpaired) electrons. The second-order valence-corrected chi connectivity index (χ2v) is 6.72. The number of rotatable bonds is 4. The molecule has 1 aliphatic rings. The van der Waals surface area contributed by atoms with Gasteiger partial charge in [-0.15, -0.1) is 0 Å². The van der Waals surface area contributed by atoms with Gasteiger partial charge >= 0.3 is 5.97 Å². The SMILES string of the molecule is O=C(O)c1ccc(C2CCN(c3ccc(-c4cn[nH]c4)cc3)CC2)cc1. The predicted octanol–water partition coefficient (Wildman–Crippen LogP) is 4.16. The number of carboxylic acid groups (broad SMARTS) is 1. The van der Waals surface area contributed by atoms with Gasteiger partial charge in [0.05, 0.1) is 11.8 Å². The lowest BCUT2D eigenvalue weighted by Gasteiger charge is -2.34. The van der Waals surface area contributed by atoms with Crippen molar-refractivity contribution in [3.63, 3.8) is 0 Å². The molecule has 1 aromatic heterocycles. The monoisotopic (exact) mass is 347 g/mol. The number of piperidine rings is 1. The molecule has 5 nitrogen and oxygen atoms in total. The third-order valence-corrected chi connectivity index (χ3v) is 5.19. The van der Waals surface area contributed by atoms with Gasteiger partial charge in [0.1, 0.15) is 0 Å². The van der Waals surface area contributed by atoms with E-state index in [4.69, 9.17) is 5.11 Å². The Hall–Kier alpha value is -3.08. The van der Waals surface area contributed by atoms with Crippen molar-refractivity contribution in [2.75, 3.05) is 18.0 Å². The van der Waals surface area contributed by atoms with Crippen molar-refractivity contribution in [1.82, 2.24) is 10.2 Å². The minimum atomic E-state index is -0.870. The van der Waals surface area contributed by atoms with E-state index in [-0.39, 0.29) is 0 Å². The summed E-state index contributed by atoms with van der Waals surface area (Å²) in [5.41, 5.74) is 5.10. The van der Waals surface area contributed by atoms with Crippen LogP contribution in [0.2, 0.25) is 0 Å². The minimum Gasteiger partial charge on any atom is -0.478 e. The van der Waals surface area contributed by atoms with E-state index in [0.717, 1.165) is 37.1 Å². The van der Waals surface area contributed by atoms with Crippen LogP contribution >= 0.6 is 0 Å². The number of carbonyl (C=O) groups is 1. The first kappa shape index (κ1) is 16.4. The van der Waals surface area contributed by atoms with Crippen molar-refractivity contribution >= 4 is 11.7 Å². The van der Waals surface area contributed by atoms with Crippen LogP contribution in [0.4, 0.5) is 5.69 Å². The molecular weight excluding hydrogens is 326 g/mol. The first-order valence-corrected chi connectivity index (χ1v) is 8.88. The van der Waals surface area contributed by atoms with Gasteiger partial charge in [-0.1, -0.05) is 24.3 Å². The maximum Gasteiger partial charge on any atom is 0.335 e. The Morgan fingerprint density at radius 2 is 1.69 bits per heavy atom. The zero-order chi connectivity index (χ0) is 17.9. The molecule has 0 atom stereocenters. The summed E-state index contributed by atoms with van der Waals surface area (Å²) < 4.78 is 0. The summed E-state index contributed by atoms with van der Waals surface area (Å²) in [6.07, 6.45) is 5.89. The smallest absolute Gasteiger partial charge is 0.335 e. The molecule has 0 saturated carbocycles. The van der Waals surface area contributed by atoms with Crippen LogP contribution in [0.25, 0.3) is 11.1 Å². The van der Waals surface area contributed by atoms with Crippen LogP contribution in [0.15, 0.2) is 60.9 Å². The molecule has 2 heterocycles. The molecule has 5 heteroatoms. The van der Waals surface area contributed by atoms with Crippen LogP contribution in [-0.2, 0) is 0 Å². The highest BCUT2D eigenvalue weighted by Gasteiger charge is 2.21. The van der Waals surface area contributed by atoms with Gasteiger partial charge in [-0.2, -0.15) is 5.10 Å². The molecular formula is C21H21N3O2. The number of benzene rings is 2. The van der Waals surface area contributed by atoms with Crippen LogP contribution in [0.3, 0.4) is 0 Å². The number of hydrogen-bond donors (Lipinski definition) is 2. The molecule has 0 aliphatic carbocycles. The molecule has 1 fully saturated rings. The second-order valence-electron chi connectivity index (χ2n) is 6.72. The third-order valence-electron chi connectivity index (χ3n) is 5.19. The summed E-state index contributed by atoms with van der Waals surface area (Å²) in [6.45, 7) is 2.02. The molecule has 0 bridgehead atoms. The maximum atomic E-state index is 11.0. The first-order valence-electron chi connectivity index (χ1n) is 8.88. The third kappa shape index (κ3) is 3.33. The average molecular weight is 347 g/mol. The van der Waals surface area contributed by atoms with Crippen molar-refractivity contribution in [3.05, 3.63) is 72.1 Å². The van der Waals surface area contributed by atoms with Gasteiger partial charge in [0.25, 0.3) is 0 Å². The summed E-state index contributed by atoms with van der Waals surface area (Å²) in [7, 11) is 0. The molecule has 2 N–H and O–H groups in total. The summed E-state index contributed by atoms with van der Waals surface area (Å²) in [5.74, 6) is -0.371. The number of aromatic amines is 1. The number of hydrogen-bond acceptors (Lipinski definition) is 3. The highest BCUT2D eigenvalue weighted by molar-refractivity contribution is 5.87. The quantitative estimate of drug-likeness (QED) is 0.743. The van der Waals surface area contributed by atoms with E-state index in [1.807, 2.05) is 24.5 Å². The number of nitrogens with zero attached hydrogens (tertiary/aromatic N) is 2. The van der Waals surface area contributed by atoms with E-state index < -0.39 is 5.97 Å². The van der Waals surface area contributed by atoms with E-state index in [0.29, 0.717) is 11.5 Å². The highest BCUT2D eigenvalue weighted by Crippen LogP contribution is 2.31. The Morgan fingerprint density at radius 3 is 2.27 bits per heavy atom. The van der Waals surface area contributed by atoms with Crippen molar-refractivity contribution in [2.45, 2.75) is 18.8 Å². The summed E-state index contributed by atoms with van der Waals surface area (Å²) >= 11 is 0. The predicted molar refractivity (Wildman–Crippen MR) is 102 cm³/mol. The largest absolute Gasteiger partial charge is 0.478 e. The number of nitrogens with one attached hydrogen (secondary N) is 1. The molecule has 0 spiro atoms. The average Bonchev–Trinajstić information content (AvgIpc) is 3.23. The van der Waals surface area contributed by atoms with Gasteiger partial charge < -0.3 is 10.0 Å². The fraction of sp³-hybridized carbons (Fsp3) is 0.238. The van der Waals surface area contributed by atoms with Crippen LogP contribution in [-0.4, -0.2) is 34.4 Å². The summed E-state index contributed by atoms with van der Waals surface area (Å²) in [4.78, 5) is 13.4. The van der Waals surface area contributed by atoms with E-state index >= 15 is 0 Å². The molecule has 2 aromatic carbocycles. The van der Waals surface area contributed by atoms with Gasteiger partial charge in [0, 0.05) is 30.5 Å². The number of carboxylic acids is 1. The molecule has 0 unspecified atom stereocenters. The van der Waals surface area contributed by atoms with Crippen LogP contribution in [0.1, 0.15) is 34.7 Å². The van der Waals surface area contributed by atoms with Crippen molar-refractivity contribution in [2.24, 2.45) is 0 Å². The summed E-state index contributed by atoms with van der Waals surface area (Å²) in [6, 6.07) is 16.0. The molecule has 1 saturated heterocycles. The van der Waals surface area contributed by atoms with E-state index in [2.05, 4.69) is 39.4 Å². The van der Waals surface area contributed by atoms with Gasteiger partial charge in [0.15, 0.2) is 0 Å². The normalized spacial score (nSPS) is 15.2. The number of aromatic carboxylic acids is 1. The Balaban J connectivity index is 1.39. The zero-order valence-corrected chi connectivity index (χ0v) is 14.4. The Bertz CT molecular complexity index is 863. The topological polar surface area (TPSA) is 69.2 Å². The van der Waals surface area contributed by atoms with E-state index in [9.17, 15) is 4.79 Å². The molecule has 1 aliphatic heterocycles. The number of anilines is 1. The standard InChI is InChI=1S/C21H21N3O2/c25-21(26)18-3-1-15(2-4-18)17-9-11-24(12-10-17)20-7-5-16(6-8-20)19-13-22-23-14-19/h1-8,13-14,17H,9-12H2,(H,22,23)(H,25,26). The molecule has 4 rings (SSSR count). The van der Waals surface area contributed by atoms with Crippen LogP contribution in [0, 0.1) is 0 Å². The molecule has 132 valence electrons. The fourth-order valence-corrected chi connectivity index (χ4v) is 3.64. The molecule has 3 aromatic rings.